The van der Waals surface area contributed by atoms with E-state index in [9.17, 15) is 20.4 Å². The van der Waals surface area contributed by atoms with Crippen molar-refractivity contribution < 1.29 is 20.4 Å². The predicted molar refractivity (Wildman–Crippen MR) is 182 cm³/mol. The van der Waals surface area contributed by atoms with Gasteiger partial charge in [-0.1, -0.05) is 146 Å². The molecule has 0 saturated heterocycles. The van der Waals surface area contributed by atoms with Crippen LogP contribution in [0.4, 0.5) is 0 Å². The molecule has 0 radical (unpaired) electrons. The van der Waals surface area contributed by atoms with Crippen LogP contribution in [0.2, 0.25) is 0 Å². The van der Waals surface area contributed by atoms with Crippen LogP contribution in [0, 0.1) is 0 Å². The van der Waals surface area contributed by atoms with Gasteiger partial charge in [0.25, 0.3) is 0 Å². The Morgan fingerprint density at radius 2 is 0.386 bits per heavy atom. The van der Waals surface area contributed by atoms with Gasteiger partial charge in [-0.05, 0) is 45.8 Å². The van der Waals surface area contributed by atoms with Crippen molar-refractivity contribution in [3.8, 4) is 23.0 Å². The Hall–Kier alpha value is -6.00. The number of hydrogen-bond acceptors (Lipinski definition) is 4. The molecule has 0 aliphatic carbocycles. The van der Waals surface area contributed by atoms with Crippen molar-refractivity contribution in [1.29, 1.82) is 0 Å². The highest BCUT2D eigenvalue weighted by Gasteiger charge is 1.97. The van der Waals surface area contributed by atoms with E-state index in [-0.39, 0.29) is 0 Å². The summed E-state index contributed by atoms with van der Waals surface area (Å²) in [5.74, 6) is 1.40. The maximum Gasteiger partial charge on any atom is 0.123 e. The monoisotopic (exact) mass is 576 g/mol. The molecule has 0 aliphatic heterocycles. The number of rotatable bonds is 0. The largest absolute Gasteiger partial charge is 0.507 e. The lowest BCUT2D eigenvalue weighted by Gasteiger charge is -1.97. The van der Waals surface area contributed by atoms with Gasteiger partial charge < -0.3 is 20.4 Å². The van der Waals surface area contributed by atoms with Gasteiger partial charge in [-0.25, -0.2) is 0 Å². The number of fused-ring (bicyclic) bond motifs is 4. The Bertz CT molecular complexity index is 1810. The average molecular weight is 577 g/mol. The van der Waals surface area contributed by atoms with Crippen LogP contribution in [0.5, 0.6) is 23.0 Å². The normalized spacial score (nSPS) is 10.2. The van der Waals surface area contributed by atoms with Gasteiger partial charge in [-0.3, -0.25) is 0 Å². The molecular formula is C40H32O4. The molecule has 0 aromatic heterocycles. The first-order valence-electron chi connectivity index (χ1n) is 14.2. The third kappa shape index (κ3) is 7.25. The molecule has 0 spiro atoms. The molecule has 4 nitrogen and oxygen atoms in total. The van der Waals surface area contributed by atoms with E-state index in [1.54, 1.807) is 24.3 Å². The zero-order valence-electron chi connectivity index (χ0n) is 24.0. The molecule has 4 N–H and O–H groups in total. The second kappa shape index (κ2) is 14.3. The molecule has 8 rings (SSSR count). The summed E-state index contributed by atoms with van der Waals surface area (Å²) in [6, 6.07) is 53.2. The van der Waals surface area contributed by atoms with Gasteiger partial charge >= 0.3 is 0 Å². The molecule has 0 unspecified atom stereocenters. The summed E-state index contributed by atoms with van der Waals surface area (Å²) < 4.78 is 0. The lowest BCUT2D eigenvalue weighted by molar-refractivity contribution is 0.481. The average Bonchev–Trinajstić information content (AvgIpc) is 3.07. The molecule has 0 fully saturated rings. The van der Waals surface area contributed by atoms with Crippen molar-refractivity contribution in [2.24, 2.45) is 0 Å². The predicted octanol–water partition coefficient (Wildman–Crippen LogP) is 10.2. The topological polar surface area (TPSA) is 80.9 Å². The molecule has 8 aromatic carbocycles. The van der Waals surface area contributed by atoms with Crippen LogP contribution in [0.3, 0.4) is 0 Å². The van der Waals surface area contributed by atoms with Gasteiger partial charge in [0.15, 0.2) is 0 Å². The first-order chi connectivity index (χ1) is 21.5. The minimum absolute atomic E-state index is 0.350. The molecule has 0 aliphatic rings. The van der Waals surface area contributed by atoms with E-state index in [0.717, 1.165) is 43.1 Å². The zero-order valence-corrected chi connectivity index (χ0v) is 24.0. The van der Waals surface area contributed by atoms with Gasteiger partial charge in [0.2, 0.25) is 0 Å². The highest BCUT2D eigenvalue weighted by Crippen LogP contribution is 2.25. The third-order valence-electron chi connectivity index (χ3n) is 7.07. The first kappa shape index (κ1) is 29.5. The van der Waals surface area contributed by atoms with E-state index in [1.807, 2.05) is 146 Å². The van der Waals surface area contributed by atoms with Crippen LogP contribution in [-0.4, -0.2) is 20.4 Å². The summed E-state index contributed by atoms with van der Waals surface area (Å²) in [5.41, 5.74) is 0. The standard InChI is InChI=1S/4C10H8O/c4*11-10-7-3-5-8-4-1-2-6-9(8)10/h4*1-7,11H. The Balaban J connectivity index is 0.000000116. The van der Waals surface area contributed by atoms with Crippen molar-refractivity contribution >= 4 is 43.1 Å². The van der Waals surface area contributed by atoms with E-state index >= 15 is 0 Å². The van der Waals surface area contributed by atoms with Crippen LogP contribution < -0.4 is 0 Å². The summed E-state index contributed by atoms with van der Waals surface area (Å²) in [6.45, 7) is 0. The highest BCUT2D eigenvalue weighted by molar-refractivity contribution is 5.89. The van der Waals surface area contributed by atoms with Gasteiger partial charge in [0, 0.05) is 21.5 Å². The van der Waals surface area contributed by atoms with Crippen molar-refractivity contribution in [3.63, 3.8) is 0 Å². The number of aromatic hydroxyl groups is 4. The molecule has 0 bridgehead atoms. The third-order valence-corrected chi connectivity index (χ3v) is 7.07. The summed E-state index contributed by atoms with van der Waals surface area (Å²) in [5, 5.41) is 45.4. The second-order valence-corrected chi connectivity index (χ2v) is 9.99. The minimum atomic E-state index is 0.350. The minimum Gasteiger partial charge on any atom is -0.507 e. The fourth-order valence-electron chi connectivity index (χ4n) is 4.83. The Morgan fingerprint density at radius 1 is 0.205 bits per heavy atom. The Labute approximate surface area is 256 Å². The molecule has 8 aromatic rings. The fraction of sp³-hybridized carbons (Fsp3) is 0. The molecule has 0 heterocycles. The molecule has 0 amide bonds. The van der Waals surface area contributed by atoms with E-state index in [4.69, 9.17) is 0 Å². The molecular weight excluding hydrogens is 544 g/mol. The Kier molecular flexibility index (Phi) is 9.55. The number of benzene rings is 8. The molecule has 4 heteroatoms. The maximum atomic E-state index is 9.37. The summed E-state index contributed by atoms with van der Waals surface area (Å²) in [6.07, 6.45) is 0. The first-order valence-corrected chi connectivity index (χ1v) is 14.2. The van der Waals surface area contributed by atoms with Crippen molar-refractivity contribution in [1.82, 2.24) is 0 Å². The van der Waals surface area contributed by atoms with Crippen LogP contribution in [0.1, 0.15) is 0 Å². The Morgan fingerprint density at radius 3 is 0.591 bits per heavy atom. The fourth-order valence-corrected chi connectivity index (χ4v) is 4.83. The van der Waals surface area contributed by atoms with Gasteiger partial charge in [-0.15, -0.1) is 0 Å². The number of phenolic OH excluding ortho intramolecular Hbond substituents is 4. The number of phenols is 4. The SMILES string of the molecule is Oc1cccc2ccccc12.Oc1cccc2ccccc12.Oc1cccc2ccccc12.Oc1cccc2ccccc12. The second-order valence-electron chi connectivity index (χ2n) is 9.99. The van der Waals surface area contributed by atoms with E-state index in [1.165, 1.54) is 0 Å². The smallest absolute Gasteiger partial charge is 0.123 e. The molecule has 0 atom stereocenters. The summed E-state index contributed by atoms with van der Waals surface area (Å²) in [7, 11) is 0. The maximum absolute atomic E-state index is 9.37. The van der Waals surface area contributed by atoms with E-state index < -0.39 is 0 Å². The molecule has 0 saturated carbocycles. The molecule has 216 valence electrons. The van der Waals surface area contributed by atoms with E-state index in [2.05, 4.69) is 0 Å². The number of hydrogen-bond donors (Lipinski definition) is 4. The lowest BCUT2D eigenvalue weighted by atomic mass is 10.1. The van der Waals surface area contributed by atoms with Crippen LogP contribution in [-0.2, 0) is 0 Å². The van der Waals surface area contributed by atoms with Crippen LogP contribution in [0.15, 0.2) is 170 Å². The quantitative estimate of drug-likeness (QED) is 0.145. The van der Waals surface area contributed by atoms with Crippen molar-refractivity contribution in [2.45, 2.75) is 0 Å². The van der Waals surface area contributed by atoms with E-state index in [0.29, 0.717) is 23.0 Å². The lowest BCUT2D eigenvalue weighted by Crippen LogP contribution is -1.70. The zero-order chi connectivity index (χ0) is 30.7. The highest BCUT2D eigenvalue weighted by atomic mass is 16.3. The molecule has 44 heavy (non-hydrogen) atoms. The van der Waals surface area contributed by atoms with Crippen molar-refractivity contribution in [3.05, 3.63) is 170 Å². The van der Waals surface area contributed by atoms with Crippen LogP contribution in [0.25, 0.3) is 43.1 Å². The van der Waals surface area contributed by atoms with Gasteiger partial charge in [-0.2, -0.15) is 0 Å². The van der Waals surface area contributed by atoms with Gasteiger partial charge in [0.1, 0.15) is 23.0 Å². The van der Waals surface area contributed by atoms with Crippen molar-refractivity contribution in [2.75, 3.05) is 0 Å². The summed E-state index contributed by atoms with van der Waals surface area (Å²) in [4.78, 5) is 0. The summed E-state index contributed by atoms with van der Waals surface area (Å²) >= 11 is 0. The van der Waals surface area contributed by atoms with Crippen LogP contribution >= 0.6 is 0 Å². The van der Waals surface area contributed by atoms with Gasteiger partial charge in [0.05, 0.1) is 0 Å².